The Labute approximate surface area is 168 Å². The highest BCUT2D eigenvalue weighted by Gasteiger charge is 2.18. The quantitative estimate of drug-likeness (QED) is 0.792. The zero-order valence-corrected chi connectivity index (χ0v) is 16.6. The Morgan fingerprint density at radius 3 is 2.33 bits per heavy atom. The molecule has 0 bridgehead atoms. The van der Waals surface area contributed by atoms with Crippen molar-refractivity contribution in [3.63, 3.8) is 0 Å². The number of sulfonamides is 1. The van der Waals surface area contributed by atoms with Crippen LogP contribution in [0.25, 0.3) is 0 Å². The van der Waals surface area contributed by atoms with Gasteiger partial charge in [-0.15, -0.1) is 0 Å². The Hall–Kier alpha value is -1.80. The van der Waals surface area contributed by atoms with Gasteiger partial charge in [0.2, 0.25) is 5.91 Å². The third-order valence-electron chi connectivity index (χ3n) is 4.13. The Morgan fingerprint density at radius 2 is 1.70 bits per heavy atom. The van der Waals surface area contributed by atoms with Crippen LogP contribution >= 0.6 is 23.2 Å². The van der Waals surface area contributed by atoms with Crippen LogP contribution in [-0.2, 0) is 26.0 Å². The van der Waals surface area contributed by atoms with Crippen molar-refractivity contribution < 1.29 is 17.9 Å². The number of halogens is 2. The molecule has 144 valence electrons. The number of hydrogen-bond acceptors (Lipinski definition) is 4. The molecule has 1 aliphatic rings. The van der Waals surface area contributed by atoms with Gasteiger partial charge in [-0.25, -0.2) is 8.42 Å². The Morgan fingerprint density at radius 1 is 1.04 bits per heavy atom. The Bertz CT molecular complexity index is 927. The van der Waals surface area contributed by atoms with Crippen LogP contribution in [-0.4, -0.2) is 45.5 Å². The number of morpholine rings is 1. The second-order valence-electron chi connectivity index (χ2n) is 6.05. The summed E-state index contributed by atoms with van der Waals surface area (Å²) in [5.74, 6) is 0.0300. The molecule has 2 aromatic rings. The summed E-state index contributed by atoms with van der Waals surface area (Å²) in [6.45, 7) is 2.31. The largest absolute Gasteiger partial charge is 0.378 e. The van der Waals surface area contributed by atoms with Gasteiger partial charge < -0.3 is 9.64 Å². The first-order chi connectivity index (χ1) is 12.8. The number of anilines is 1. The molecule has 6 nitrogen and oxygen atoms in total. The summed E-state index contributed by atoms with van der Waals surface area (Å²) >= 11 is 11.7. The van der Waals surface area contributed by atoms with Gasteiger partial charge in [0.15, 0.2) is 0 Å². The van der Waals surface area contributed by atoms with E-state index in [1.165, 1.54) is 18.2 Å². The molecule has 1 fully saturated rings. The molecular weight excluding hydrogens is 411 g/mol. The fourth-order valence-corrected chi connectivity index (χ4v) is 4.10. The number of ether oxygens (including phenoxy) is 1. The molecule has 1 amide bonds. The number of carbonyl (C=O) groups is 1. The van der Waals surface area contributed by atoms with E-state index in [4.69, 9.17) is 27.9 Å². The maximum absolute atomic E-state index is 12.4. The van der Waals surface area contributed by atoms with E-state index in [0.29, 0.717) is 32.0 Å². The lowest BCUT2D eigenvalue weighted by Crippen LogP contribution is -2.41. The Kier molecular flexibility index (Phi) is 6.26. The molecule has 0 aliphatic carbocycles. The molecule has 0 atom stereocenters. The SMILES string of the molecule is O=C(Cc1ccc(NS(=O)(=O)c2ccc(Cl)c(Cl)c2)cc1)N1CCOCC1. The molecule has 27 heavy (non-hydrogen) atoms. The number of nitrogens with one attached hydrogen (secondary N) is 1. The molecule has 0 radical (unpaired) electrons. The van der Waals surface area contributed by atoms with Gasteiger partial charge >= 0.3 is 0 Å². The van der Waals surface area contributed by atoms with Crippen LogP contribution in [0.5, 0.6) is 0 Å². The van der Waals surface area contributed by atoms with Crippen LogP contribution in [0.4, 0.5) is 5.69 Å². The van der Waals surface area contributed by atoms with Crippen LogP contribution in [0.2, 0.25) is 10.0 Å². The first-order valence-corrected chi connectivity index (χ1v) is 10.5. The predicted octanol–water partition coefficient (Wildman–Crippen LogP) is 3.20. The van der Waals surface area contributed by atoms with E-state index in [9.17, 15) is 13.2 Å². The average Bonchev–Trinajstić information content (AvgIpc) is 2.66. The first kappa shape index (κ1) is 19.9. The number of rotatable bonds is 5. The van der Waals surface area contributed by atoms with Crippen LogP contribution in [0, 0.1) is 0 Å². The maximum Gasteiger partial charge on any atom is 0.261 e. The molecular formula is C18H18Cl2N2O4S. The van der Waals surface area contributed by atoms with Crippen LogP contribution in [0.3, 0.4) is 0 Å². The minimum atomic E-state index is -3.79. The summed E-state index contributed by atoms with van der Waals surface area (Å²) in [6, 6.07) is 10.8. The molecule has 0 spiro atoms. The smallest absolute Gasteiger partial charge is 0.261 e. The highest BCUT2D eigenvalue weighted by Crippen LogP contribution is 2.26. The lowest BCUT2D eigenvalue weighted by atomic mass is 10.1. The number of amides is 1. The number of nitrogens with zero attached hydrogens (tertiary/aromatic N) is 1. The average molecular weight is 429 g/mol. The van der Waals surface area contributed by atoms with Gasteiger partial charge in [0.1, 0.15) is 0 Å². The van der Waals surface area contributed by atoms with E-state index in [-0.39, 0.29) is 27.3 Å². The molecule has 1 N–H and O–H groups in total. The van der Waals surface area contributed by atoms with Gasteiger partial charge in [-0.1, -0.05) is 35.3 Å². The summed E-state index contributed by atoms with van der Waals surface area (Å²) in [5.41, 5.74) is 1.20. The van der Waals surface area contributed by atoms with E-state index >= 15 is 0 Å². The van der Waals surface area contributed by atoms with Crippen molar-refractivity contribution in [2.75, 3.05) is 31.0 Å². The van der Waals surface area contributed by atoms with Gasteiger partial charge in [0.05, 0.1) is 34.6 Å². The van der Waals surface area contributed by atoms with Gasteiger partial charge in [-0.2, -0.15) is 0 Å². The third-order valence-corrected chi connectivity index (χ3v) is 6.24. The van der Waals surface area contributed by atoms with Gasteiger partial charge in [-0.3, -0.25) is 9.52 Å². The highest BCUT2D eigenvalue weighted by atomic mass is 35.5. The lowest BCUT2D eigenvalue weighted by molar-refractivity contribution is -0.134. The molecule has 9 heteroatoms. The summed E-state index contributed by atoms with van der Waals surface area (Å²) in [5, 5.41) is 0.446. The maximum atomic E-state index is 12.4. The summed E-state index contributed by atoms with van der Waals surface area (Å²) in [6.07, 6.45) is 0.264. The van der Waals surface area contributed by atoms with E-state index in [1.54, 1.807) is 29.2 Å². The minimum absolute atomic E-state index is 0.0171. The second kappa shape index (κ2) is 8.48. The highest BCUT2D eigenvalue weighted by molar-refractivity contribution is 7.92. The third kappa shape index (κ3) is 5.13. The first-order valence-electron chi connectivity index (χ1n) is 8.27. The molecule has 1 heterocycles. The van der Waals surface area contributed by atoms with Crippen molar-refractivity contribution in [2.24, 2.45) is 0 Å². The molecule has 0 saturated carbocycles. The van der Waals surface area contributed by atoms with E-state index < -0.39 is 10.0 Å². The van der Waals surface area contributed by atoms with Crippen molar-refractivity contribution in [1.29, 1.82) is 0 Å². The predicted molar refractivity (Wildman–Crippen MR) is 105 cm³/mol. The molecule has 0 aromatic heterocycles. The molecule has 1 saturated heterocycles. The van der Waals surface area contributed by atoms with Crippen molar-refractivity contribution >= 4 is 44.8 Å². The molecule has 0 unspecified atom stereocenters. The number of hydrogen-bond donors (Lipinski definition) is 1. The lowest BCUT2D eigenvalue weighted by Gasteiger charge is -2.26. The standard InChI is InChI=1S/C18H18Cl2N2O4S/c19-16-6-5-15(12-17(16)20)27(24,25)21-14-3-1-13(2-4-14)11-18(23)22-7-9-26-10-8-22/h1-6,12,21H,7-11H2. The van der Waals surface area contributed by atoms with Gasteiger partial charge in [-0.05, 0) is 35.9 Å². The molecule has 2 aromatic carbocycles. The Balaban J connectivity index is 1.66. The number of benzene rings is 2. The van der Waals surface area contributed by atoms with E-state index in [0.717, 1.165) is 5.56 Å². The van der Waals surface area contributed by atoms with Crippen LogP contribution in [0.15, 0.2) is 47.4 Å². The molecule has 1 aliphatic heterocycles. The fourth-order valence-electron chi connectivity index (χ4n) is 2.65. The zero-order valence-electron chi connectivity index (χ0n) is 14.3. The van der Waals surface area contributed by atoms with E-state index in [2.05, 4.69) is 4.72 Å². The zero-order chi connectivity index (χ0) is 19.4. The topological polar surface area (TPSA) is 75.7 Å². The second-order valence-corrected chi connectivity index (χ2v) is 8.55. The van der Waals surface area contributed by atoms with Crippen molar-refractivity contribution in [1.82, 2.24) is 4.90 Å². The van der Waals surface area contributed by atoms with Gasteiger partial charge in [0.25, 0.3) is 10.0 Å². The summed E-state index contributed by atoms with van der Waals surface area (Å²) in [7, 11) is -3.79. The summed E-state index contributed by atoms with van der Waals surface area (Å²) in [4.78, 5) is 14.0. The number of carbonyl (C=O) groups excluding carboxylic acids is 1. The normalized spacial score (nSPS) is 14.8. The monoisotopic (exact) mass is 428 g/mol. The van der Waals surface area contributed by atoms with Crippen LogP contribution in [0.1, 0.15) is 5.56 Å². The van der Waals surface area contributed by atoms with Crippen molar-refractivity contribution in [3.05, 3.63) is 58.1 Å². The van der Waals surface area contributed by atoms with Crippen molar-refractivity contribution in [2.45, 2.75) is 11.3 Å². The van der Waals surface area contributed by atoms with Gasteiger partial charge in [0, 0.05) is 18.8 Å². The summed E-state index contributed by atoms with van der Waals surface area (Å²) < 4.78 is 32.6. The minimum Gasteiger partial charge on any atom is -0.378 e. The van der Waals surface area contributed by atoms with Crippen LogP contribution < -0.4 is 4.72 Å². The fraction of sp³-hybridized carbons (Fsp3) is 0.278. The van der Waals surface area contributed by atoms with Crippen molar-refractivity contribution in [3.8, 4) is 0 Å². The molecule has 3 rings (SSSR count). The van der Waals surface area contributed by atoms with E-state index in [1.807, 2.05) is 0 Å².